The molecule has 1 saturated heterocycles. The number of carboxylic acid groups (broad SMARTS) is 1. The monoisotopic (exact) mass is 481 g/mol. The Bertz CT molecular complexity index is 1070. The normalized spacial score (nSPS) is 18.3. The first-order valence-electron chi connectivity index (χ1n) is 11.4. The Hall–Kier alpha value is -3.92. The van der Waals surface area contributed by atoms with E-state index in [9.17, 15) is 19.2 Å². The number of hydrogen-bond acceptors (Lipinski definition) is 6. The van der Waals surface area contributed by atoms with Crippen LogP contribution in [0, 0.1) is 0 Å². The summed E-state index contributed by atoms with van der Waals surface area (Å²) in [5, 5.41) is 16.3. The average molecular weight is 482 g/mol. The van der Waals surface area contributed by atoms with E-state index < -0.39 is 30.0 Å². The molecule has 35 heavy (non-hydrogen) atoms. The summed E-state index contributed by atoms with van der Waals surface area (Å²) in [5.74, 6) is -2.09. The van der Waals surface area contributed by atoms with Gasteiger partial charge in [0.15, 0.2) is 6.10 Å². The molecule has 184 valence electrons. The number of benzene rings is 2. The van der Waals surface area contributed by atoms with Crippen LogP contribution < -0.4 is 16.0 Å². The number of ether oxygens (including phenoxy) is 2. The Morgan fingerprint density at radius 3 is 2.09 bits per heavy atom. The Morgan fingerprint density at radius 1 is 0.857 bits per heavy atom. The second-order valence-corrected chi connectivity index (χ2v) is 8.42. The molecule has 0 radical (unpaired) electrons. The van der Waals surface area contributed by atoms with Gasteiger partial charge in [-0.3, -0.25) is 9.59 Å². The van der Waals surface area contributed by atoms with E-state index in [4.69, 9.17) is 14.6 Å². The van der Waals surface area contributed by atoms with Crippen LogP contribution in [0.4, 0.5) is 4.79 Å². The Kier molecular flexibility index (Phi) is 7.61. The van der Waals surface area contributed by atoms with E-state index in [-0.39, 0.29) is 38.3 Å². The minimum Gasteiger partial charge on any atom is -0.479 e. The summed E-state index contributed by atoms with van der Waals surface area (Å²) in [6.07, 6.45) is -1.01. The number of fused-ring (bicyclic) bond motifs is 3. The molecule has 2 aromatic carbocycles. The Balaban J connectivity index is 1.14. The van der Waals surface area contributed by atoms with E-state index in [0.29, 0.717) is 12.8 Å². The highest BCUT2D eigenvalue weighted by molar-refractivity contribution is 5.87. The van der Waals surface area contributed by atoms with Gasteiger partial charge in [-0.25, -0.2) is 9.59 Å². The van der Waals surface area contributed by atoms with Crippen molar-refractivity contribution < 1.29 is 33.8 Å². The quantitative estimate of drug-likeness (QED) is 0.424. The first kappa shape index (κ1) is 24.2. The topological polar surface area (TPSA) is 143 Å². The number of hydrogen-bond donors (Lipinski definition) is 4. The van der Waals surface area contributed by atoms with Crippen molar-refractivity contribution in [1.82, 2.24) is 16.0 Å². The van der Waals surface area contributed by atoms with E-state index >= 15 is 0 Å². The second kappa shape index (κ2) is 11.0. The SMILES string of the molecule is O=C(CNC(=O)CNC(=O)OCC1c2ccccc2-c2ccccc21)NCC1CCC(C(=O)O)O1. The van der Waals surface area contributed by atoms with Crippen molar-refractivity contribution in [2.24, 2.45) is 0 Å². The van der Waals surface area contributed by atoms with E-state index in [0.717, 1.165) is 22.3 Å². The molecule has 0 spiro atoms. The lowest BCUT2D eigenvalue weighted by molar-refractivity contribution is -0.149. The molecule has 4 rings (SSSR count). The number of carbonyl (C=O) groups is 4. The highest BCUT2D eigenvalue weighted by Crippen LogP contribution is 2.44. The standard InChI is InChI=1S/C25H27N3O7/c29-22(26-11-15-9-10-21(35-15)24(31)32)12-27-23(30)13-28-25(33)34-14-20-18-7-3-1-5-16(18)17-6-2-4-8-19(17)20/h1-8,15,20-21H,9-14H2,(H,26,29)(H,27,30)(H,28,33)(H,31,32). The zero-order chi connectivity index (χ0) is 24.8. The van der Waals surface area contributed by atoms with Crippen LogP contribution in [0.15, 0.2) is 48.5 Å². The number of alkyl carbamates (subject to hydrolysis) is 1. The van der Waals surface area contributed by atoms with Gasteiger partial charge < -0.3 is 30.5 Å². The minimum atomic E-state index is -1.02. The van der Waals surface area contributed by atoms with Crippen molar-refractivity contribution in [3.05, 3.63) is 59.7 Å². The first-order chi connectivity index (χ1) is 16.9. The molecule has 1 fully saturated rings. The van der Waals surface area contributed by atoms with Crippen LogP contribution in [0.5, 0.6) is 0 Å². The third kappa shape index (κ3) is 5.96. The zero-order valence-electron chi connectivity index (χ0n) is 19.0. The molecule has 1 heterocycles. The Morgan fingerprint density at radius 2 is 1.46 bits per heavy atom. The predicted molar refractivity (Wildman–Crippen MR) is 125 cm³/mol. The predicted octanol–water partition coefficient (Wildman–Crippen LogP) is 1.39. The molecular weight excluding hydrogens is 454 g/mol. The lowest BCUT2D eigenvalue weighted by Crippen LogP contribution is -2.43. The van der Waals surface area contributed by atoms with Crippen molar-refractivity contribution in [2.75, 3.05) is 26.2 Å². The van der Waals surface area contributed by atoms with E-state index in [1.807, 2.05) is 48.5 Å². The number of carboxylic acids is 1. The Labute approximate surface area is 202 Å². The third-order valence-electron chi connectivity index (χ3n) is 6.09. The van der Waals surface area contributed by atoms with Crippen molar-refractivity contribution >= 4 is 23.9 Å². The number of rotatable bonds is 9. The maximum atomic E-state index is 12.1. The van der Waals surface area contributed by atoms with Crippen LogP contribution in [0.25, 0.3) is 11.1 Å². The van der Waals surface area contributed by atoms with E-state index in [2.05, 4.69) is 16.0 Å². The van der Waals surface area contributed by atoms with Gasteiger partial charge in [0.2, 0.25) is 11.8 Å². The lowest BCUT2D eigenvalue weighted by Gasteiger charge is -2.14. The molecule has 4 N–H and O–H groups in total. The smallest absolute Gasteiger partial charge is 0.407 e. The number of nitrogens with one attached hydrogen (secondary N) is 3. The van der Waals surface area contributed by atoms with Crippen LogP contribution in [0.3, 0.4) is 0 Å². The molecule has 2 atom stereocenters. The maximum Gasteiger partial charge on any atom is 0.407 e. The molecule has 2 aliphatic rings. The van der Waals surface area contributed by atoms with Gasteiger partial charge in [-0.15, -0.1) is 0 Å². The van der Waals surface area contributed by atoms with Crippen molar-refractivity contribution in [3.63, 3.8) is 0 Å². The molecule has 0 bridgehead atoms. The minimum absolute atomic E-state index is 0.0831. The molecule has 2 aromatic rings. The summed E-state index contributed by atoms with van der Waals surface area (Å²) >= 11 is 0. The molecule has 0 aromatic heterocycles. The van der Waals surface area contributed by atoms with Gasteiger partial charge in [0.05, 0.1) is 12.6 Å². The fourth-order valence-corrected chi connectivity index (χ4v) is 4.37. The van der Waals surface area contributed by atoms with Crippen LogP contribution in [0.2, 0.25) is 0 Å². The van der Waals surface area contributed by atoms with Crippen LogP contribution in [-0.2, 0) is 23.9 Å². The first-order valence-corrected chi connectivity index (χ1v) is 11.4. The molecule has 1 aliphatic carbocycles. The lowest BCUT2D eigenvalue weighted by atomic mass is 9.98. The number of aliphatic carboxylic acids is 1. The fourth-order valence-electron chi connectivity index (χ4n) is 4.37. The molecule has 10 nitrogen and oxygen atoms in total. The molecule has 2 unspecified atom stereocenters. The average Bonchev–Trinajstić information content (AvgIpc) is 3.47. The zero-order valence-corrected chi connectivity index (χ0v) is 19.0. The van der Waals surface area contributed by atoms with Crippen molar-refractivity contribution in [1.29, 1.82) is 0 Å². The molecular formula is C25H27N3O7. The summed E-state index contributed by atoms with van der Waals surface area (Å²) in [6.45, 7) is -0.317. The summed E-state index contributed by atoms with van der Waals surface area (Å²) in [5.41, 5.74) is 4.42. The van der Waals surface area contributed by atoms with E-state index in [1.165, 1.54) is 0 Å². The van der Waals surface area contributed by atoms with Gasteiger partial charge in [-0.2, -0.15) is 0 Å². The van der Waals surface area contributed by atoms with Crippen molar-refractivity contribution in [3.8, 4) is 11.1 Å². The largest absolute Gasteiger partial charge is 0.479 e. The van der Waals surface area contributed by atoms with Crippen molar-refractivity contribution in [2.45, 2.75) is 31.0 Å². The summed E-state index contributed by atoms with van der Waals surface area (Å²) < 4.78 is 10.7. The summed E-state index contributed by atoms with van der Waals surface area (Å²) in [7, 11) is 0. The van der Waals surface area contributed by atoms with Gasteiger partial charge >= 0.3 is 12.1 Å². The van der Waals surface area contributed by atoms with E-state index in [1.54, 1.807) is 0 Å². The van der Waals surface area contributed by atoms with Gasteiger partial charge in [0, 0.05) is 12.5 Å². The highest BCUT2D eigenvalue weighted by Gasteiger charge is 2.31. The van der Waals surface area contributed by atoms with Gasteiger partial charge in [0.1, 0.15) is 13.2 Å². The molecule has 3 amide bonds. The van der Waals surface area contributed by atoms with Crippen LogP contribution in [-0.4, -0.2) is 67.4 Å². The fraction of sp³-hybridized carbons (Fsp3) is 0.360. The van der Waals surface area contributed by atoms with Gasteiger partial charge in [0.25, 0.3) is 0 Å². The summed E-state index contributed by atoms with van der Waals surface area (Å²) in [6, 6.07) is 16.0. The second-order valence-electron chi connectivity index (χ2n) is 8.42. The van der Waals surface area contributed by atoms with Gasteiger partial charge in [-0.05, 0) is 35.1 Å². The summed E-state index contributed by atoms with van der Waals surface area (Å²) in [4.78, 5) is 46.9. The molecule has 0 saturated carbocycles. The molecule has 10 heteroatoms. The van der Waals surface area contributed by atoms with Crippen LogP contribution in [0.1, 0.15) is 29.9 Å². The number of amides is 3. The van der Waals surface area contributed by atoms with Gasteiger partial charge in [-0.1, -0.05) is 48.5 Å². The maximum absolute atomic E-state index is 12.1. The van der Waals surface area contributed by atoms with Crippen LogP contribution >= 0.6 is 0 Å². The molecule has 1 aliphatic heterocycles. The third-order valence-corrected chi connectivity index (χ3v) is 6.09. The highest BCUT2D eigenvalue weighted by atomic mass is 16.5. The number of carbonyl (C=O) groups excluding carboxylic acids is 3.